The minimum absolute atomic E-state index is 0. The quantitative estimate of drug-likeness (QED) is 0.898. The van der Waals surface area contributed by atoms with Crippen molar-refractivity contribution in [2.75, 3.05) is 29.9 Å². The maximum Gasteiger partial charge on any atom is 0.225 e. The number of benzene rings is 1. The predicted molar refractivity (Wildman–Crippen MR) is 84.7 cm³/mol. The Morgan fingerprint density at radius 1 is 1.26 bits per heavy atom. The molecule has 0 bridgehead atoms. The highest BCUT2D eigenvalue weighted by Crippen LogP contribution is 2.23. The number of nitrogens with two attached hydrogens (primary N) is 1. The molecular weight excluding hydrogens is 285 g/mol. The maximum atomic E-state index is 11.4. The number of halogens is 2. The van der Waals surface area contributed by atoms with Crippen LogP contribution < -0.4 is 16.0 Å². The van der Waals surface area contributed by atoms with Crippen LogP contribution in [0.25, 0.3) is 0 Å². The van der Waals surface area contributed by atoms with Gasteiger partial charge in [0, 0.05) is 37.4 Å². The van der Waals surface area contributed by atoms with Crippen molar-refractivity contribution < 1.29 is 4.79 Å². The van der Waals surface area contributed by atoms with E-state index in [0.29, 0.717) is 13.0 Å². The smallest absolute Gasteiger partial charge is 0.225 e. The van der Waals surface area contributed by atoms with Crippen LogP contribution in [-0.2, 0) is 4.79 Å². The van der Waals surface area contributed by atoms with Crippen molar-refractivity contribution in [1.82, 2.24) is 0 Å². The van der Waals surface area contributed by atoms with E-state index in [4.69, 9.17) is 5.73 Å². The summed E-state index contributed by atoms with van der Waals surface area (Å²) >= 11 is 0. The zero-order valence-electron chi connectivity index (χ0n) is 10.8. The van der Waals surface area contributed by atoms with Gasteiger partial charge in [0.1, 0.15) is 0 Å². The molecule has 1 aromatic rings. The predicted octanol–water partition coefficient (Wildman–Crippen LogP) is 2.42. The van der Waals surface area contributed by atoms with Crippen molar-refractivity contribution in [3.63, 3.8) is 0 Å². The zero-order chi connectivity index (χ0) is 12.1. The van der Waals surface area contributed by atoms with Gasteiger partial charge in [-0.3, -0.25) is 4.79 Å². The summed E-state index contributed by atoms with van der Waals surface area (Å²) in [4.78, 5) is 13.8. The van der Waals surface area contributed by atoms with Crippen LogP contribution in [0.1, 0.15) is 19.3 Å². The molecule has 0 radical (unpaired) electrons. The second-order valence-corrected chi connectivity index (χ2v) is 4.33. The number of anilines is 2. The Morgan fingerprint density at radius 2 is 1.95 bits per heavy atom. The van der Waals surface area contributed by atoms with Crippen molar-refractivity contribution in [2.45, 2.75) is 19.3 Å². The summed E-state index contributed by atoms with van der Waals surface area (Å²) in [6.07, 6.45) is 2.88. The molecule has 1 heterocycles. The van der Waals surface area contributed by atoms with Crippen LogP contribution in [0.2, 0.25) is 0 Å². The van der Waals surface area contributed by atoms with Gasteiger partial charge in [-0.25, -0.2) is 0 Å². The fraction of sp³-hybridized carbons (Fsp3) is 0.462. The lowest BCUT2D eigenvalue weighted by Gasteiger charge is -2.18. The molecule has 0 saturated carbocycles. The molecule has 0 unspecified atom stereocenters. The number of amides is 1. The highest BCUT2D eigenvalue weighted by molar-refractivity contribution is 5.91. The lowest BCUT2D eigenvalue weighted by atomic mass is 10.2. The van der Waals surface area contributed by atoms with Gasteiger partial charge in [-0.05, 0) is 31.0 Å². The van der Waals surface area contributed by atoms with E-state index in [1.54, 1.807) is 0 Å². The summed E-state index contributed by atoms with van der Waals surface area (Å²) < 4.78 is 0. The van der Waals surface area contributed by atoms with Crippen LogP contribution >= 0.6 is 24.8 Å². The number of carbonyl (C=O) groups is 1. The van der Waals surface area contributed by atoms with Gasteiger partial charge < -0.3 is 16.0 Å². The Bertz CT molecular complexity index is 395. The molecule has 108 valence electrons. The fourth-order valence-electron chi connectivity index (χ4n) is 2.11. The van der Waals surface area contributed by atoms with E-state index in [2.05, 4.69) is 16.3 Å². The second-order valence-electron chi connectivity index (χ2n) is 4.33. The molecule has 4 nitrogen and oxygen atoms in total. The lowest BCUT2D eigenvalue weighted by molar-refractivity contribution is -0.116. The summed E-state index contributed by atoms with van der Waals surface area (Å²) in [5.41, 5.74) is 7.39. The molecule has 1 fully saturated rings. The first-order valence-electron chi connectivity index (χ1n) is 6.14. The van der Waals surface area contributed by atoms with Crippen LogP contribution in [0.5, 0.6) is 0 Å². The molecule has 0 atom stereocenters. The number of nitrogens with one attached hydrogen (secondary N) is 1. The Hall–Kier alpha value is -0.970. The molecule has 1 aromatic carbocycles. The van der Waals surface area contributed by atoms with E-state index in [0.717, 1.165) is 18.8 Å². The molecule has 0 aromatic heterocycles. The van der Waals surface area contributed by atoms with E-state index in [-0.39, 0.29) is 30.7 Å². The highest BCUT2D eigenvalue weighted by Gasteiger charge is 2.12. The van der Waals surface area contributed by atoms with Crippen molar-refractivity contribution in [2.24, 2.45) is 5.73 Å². The number of hydrogen-bond donors (Lipinski definition) is 2. The second kappa shape index (κ2) is 9.02. The Kier molecular flexibility index (Phi) is 8.56. The Labute approximate surface area is 126 Å². The number of carbonyl (C=O) groups excluding carboxylic acids is 1. The standard InChI is InChI=1S/C13H19N3O.2ClH/c14-7-6-13(17)15-11-4-3-5-12(10-11)16-8-1-2-9-16;;/h3-5,10H,1-2,6-9,14H2,(H,15,17);2*1H. The summed E-state index contributed by atoms with van der Waals surface area (Å²) in [7, 11) is 0. The number of hydrogen-bond acceptors (Lipinski definition) is 3. The van der Waals surface area contributed by atoms with Gasteiger partial charge in [0.15, 0.2) is 0 Å². The SMILES string of the molecule is Cl.Cl.NCCC(=O)Nc1cccc(N2CCCC2)c1. The summed E-state index contributed by atoms with van der Waals surface area (Å²) in [6.45, 7) is 2.61. The molecule has 0 aliphatic carbocycles. The van der Waals surface area contributed by atoms with Gasteiger partial charge in [0.2, 0.25) is 5.91 Å². The molecule has 1 amide bonds. The summed E-state index contributed by atoms with van der Waals surface area (Å²) in [5, 5.41) is 2.86. The Morgan fingerprint density at radius 3 is 2.58 bits per heavy atom. The molecule has 1 aliphatic heterocycles. The largest absolute Gasteiger partial charge is 0.371 e. The number of rotatable bonds is 4. The molecule has 1 aliphatic rings. The summed E-state index contributed by atoms with van der Waals surface area (Å²) in [5.74, 6) is -0.0222. The van der Waals surface area contributed by atoms with E-state index in [1.807, 2.05) is 18.2 Å². The van der Waals surface area contributed by atoms with Gasteiger partial charge in [-0.1, -0.05) is 6.07 Å². The molecule has 6 heteroatoms. The lowest BCUT2D eigenvalue weighted by Crippen LogP contribution is -2.19. The van der Waals surface area contributed by atoms with E-state index in [1.165, 1.54) is 18.5 Å². The normalized spacial score (nSPS) is 13.4. The fourth-order valence-corrected chi connectivity index (χ4v) is 2.11. The van der Waals surface area contributed by atoms with Gasteiger partial charge in [-0.15, -0.1) is 24.8 Å². The molecule has 19 heavy (non-hydrogen) atoms. The van der Waals surface area contributed by atoms with Gasteiger partial charge in [0.05, 0.1) is 0 Å². The third-order valence-electron chi connectivity index (χ3n) is 2.97. The van der Waals surface area contributed by atoms with Crippen LogP contribution in [0.15, 0.2) is 24.3 Å². The van der Waals surface area contributed by atoms with Crippen molar-refractivity contribution in [3.05, 3.63) is 24.3 Å². The minimum Gasteiger partial charge on any atom is -0.371 e. The Balaban J connectivity index is 0.00000162. The molecule has 0 spiro atoms. The first-order chi connectivity index (χ1) is 8.29. The van der Waals surface area contributed by atoms with Gasteiger partial charge in [0.25, 0.3) is 0 Å². The van der Waals surface area contributed by atoms with E-state index in [9.17, 15) is 4.79 Å². The molecular formula is C13H21Cl2N3O. The monoisotopic (exact) mass is 305 g/mol. The van der Waals surface area contributed by atoms with Crippen LogP contribution in [0.3, 0.4) is 0 Å². The highest BCUT2D eigenvalue weighted by atomic mass is 35.5. The molecule has 1 saturated heterocycles. The van der Waals surface area contributed by atoms with E-state index < -0.39 is 0 Å². The average molecular weight is 306 g/mol. The first kappa shape index (κ1) is 18.0. The summed E-state index contributed by atoms with van der Waals surface area (Å²) in [6, 6.07) is 8.00. The van der Waals surface area contributed by atoms with E-state index >= 15 is 0 Å². The molecule has 2 rings (SSSR count). The van der Waals surface area contributed by atoms with Crippen molar-refractivity contribution in [3.8, 4) is 0 Å². The average Bonchev–Trinajstić information content (AvgIpc) is 2.83. The first-order valence-corrected chi connectivity index (χ1v) is 6.14. The van der Waals surface area contributed by atoms with Crippen molar-refractivity contribution >= 4 is 42.1 Å². The number of nitrogens with zero attached hydrogens (tertiary/aromatic N) is 1. The molecule has 3 N–H and O–H groups in total. The third kappa shape index (κ3) is 5.27. The van der Waals surface area contributed by atoms with Crippen molar-refractivity contribution in [1.29, 1.82) is 0 Å². The van der Waals surface area contributed by atoms with Gasteiger partial charge in [-0.2, -0.15) is 0 Å². The van der Waals surface area contributed by atoms with Gasteiger partial charge >= 0.3 is 0 Å². The minimum atomic E-state index is -0.0222. The van der Waals surface area contributed by atoms with Crippen LogP contribution in [0, 0.1) is 0 Å². The van der Waals surface area contributed by atoms with Crippen LogP contribution in [0.4, 0.5) is 11.4 Å². The third-order valence-corrected chi connectivity index (χ3v) is 2.97. The van der Waals surface area contributed by atoms with Crippen LogP contribution in [-0.4, -0.2) is 25.5 Å². The zero-order valence-corrected chi connectivity index (χ0v) is 12.4. The topological polar surface area (TPSA) is 58.4 Å². The maximum absolute atomic E-state index is 11.4.